The van der Waals surface area contributed by atoms with Gasteiger partial charge in [-0.25, -0.2) is 0 Å². The lowest BCUT2D eigenvalue weighted by atomic mass is 9.43. The molecule has 0 aromatic carbocycles. The first kappa shape index (κ1) is 15.2. The molecule has 0 aromatic rings. The Bertz CT molecular complexity index is 472. The van der Waals surface area contributed by atoms with Crippen LogP contribution in [0.25, 0.3) is 0 Å². The summed E-state index contributed by atoms with van der Waals surface area (Å²) in [5.74, 6) is 5.25. The van der Waals surface area contributed by atoms with Crippen LogP contribution in [0, 0.1) is 46.8 Å². The number of Topliss-reactive ketones (excluding diaryl/α,β-unsaturated/α-hetero) is 1. The average molecular weight is 304 g/mol. The van der Waals surface area contributed by atoms with Gasteiger partial charge in [-0.15, -0.1) is 0 Å². The maximum atomic E-state index is 12.1. The molecule has 4 fully saturated rings. The van der Waals surface area contributed by atoms with E-state index in [1.165, 1.54) is 25.7 Å². The van der Waals surface area contributed by atoms with Crippen molar-refractivity contribution in [2.45, 2.75) is 71.8 Å². The largest absolute Gasteiger partial charge is 0.393 e. The molecule has 0 bridgehead atoms. The van der Waals surface area contributed by atoms with E-state index in [-0.39, 0.29) is 6.10 Å². The highest BCUT2D eigenvalue weighted by Crippen LogP contribution is 2.65. The van der Waals surface area contributed by atoms with Gasteiger partial charge in [0, 0.05) is 12.8 Å². The third-order valence-electron chi connectivity index (χ3n) is 8.68. The van der Waals surface area contributed by atoms with E-state index in [0.717, 1.165) is 37.0 Å². The van der Waals surface area contributed by atoms with Gasteiger partial charge in [-0.3, -0.25) is 4.79 Å². The van der Waals surface area contributed by atoms with E-state index in [1.807, 2.05) is 0 Å². The molecule has 0 amide bonds. The Morgan fingerprint density at radius 1 is 1.05 bits per heavy atom. The molecule has 4 saturated carbocycles. The van der Waals surface area contributed by atoms with Crippen LogP contribution in [0.3, 0.4) is 0 Å². The average Bonchev–Trinajstić information content (AvgIpc) is 2.84. The molecule has 0 saturated heterocycles. The second-order valence-corrected chi connectivity index (χ2v) is 9.36. The predicted octanol–water partition coefficient (Wildman–Crippen LogP) is 4.06. The van der Waals surface area contributed by atoms with E-state index < -0.39 is 0 Å². The van der Waals surface area contributed by atoms with Crippen LogP contribution < -0.4 is 0 Å². The molecule has 9 atom stereocenters. The molecule has 1 N–H and O–H groups in total. The summed E-state index contributed by atoms with van der Waals surface area (Å²) >= 11 is 0. The molecular weight excluding hydrogens is 272 g/mol. The number of carbonyl (C=O) groups is 1. The summed E-state index contributed by atoms with van der Waals surface area (Å²) in [4.78, 5) is 12.1. The SMILES string of the molecule is C[C@@H]1C[C@@H]2[C@@H](CC[C@H]3CC(=O)C[C@H](C)[C@@]32C)[C@@H]2CC[C@H](O)[C@@H]21. The summed E-state index contributed by atoms with van der Waals surface area (Å²) in [5.41, 5.74) is 0.365. The van der Waals surface area contributed by atoms with E-state index in [2.05, 4.69) is 20.8 Å². The lowest BCUT2D eigenvalue weighted by molar-refractivity contribution is -0.151. The number of aliphatic hydroxyl groups is 1. The van der Waals surface area contributed by atoms with Gasteiger partial charge in [-0.1, -0.05) is 20.8 Å². The molecule has 0 heterocycles. The fourth-order valence-electron chi connectivity index (χ4n) is 7.51. The summed E-state index contributed by atoms with van der Waals surface area (Å²) in [6, 6.07) is 0. The van der Waals surface area contributed by atoms with Crippen LogP contribution in [0.2, 0.25) is 0 Å². The highest BCUT2D eigenvalue weighted by molar-refractivity contribution is 5.80. The van der Waals surface area contributed by atoms with Crippen LogP contribution in [0.5, 0.6) is 0 Å². The zero-order valence-electron chi connectivity index (χ0n) is 14.4. The summed E-state index contributed by atoms with van der Waals surface area (Å²) in [5, 5.41) is 10.4. The fourth-order valence-corrected chi connectivity index (χ4v) is 7.51. The Morgan fingerprint density at radius 2 is 1.77 bits per heavy atom. The lowest BCUT2D eigenvalue weighted by Gasteiger charge is -2.61. The number of aliphatic hydroxyl groups excluding tert-OH is 1. The summed E-state index contributed by atoms with van der Waals surface area (Å²) in [6.45, 7) is 7.24. The van der Waals surface area contributed by atoms with Crippen molar-refractivity contribution >= 4 is 5.78 Å². The Balaban J connectivity index is 1.68. The van der Waals surface area contributed by atoms with Crippen molar-refractivity contribution < 1.29 is 9.90 Å². The molecule has 0 aliphatic heterocycles. The Labute approximate surface area is 135 Å². The number of hydrogen-bond donors (Lipinski definition) is 1. The molecule has 4 aliphatic rings. The second-order valence-electron chi connectivity index (χ2n) is 9.36. The molecule has 22 heavy (non-hydrogen) atoms. The summed E-state index contributed by atoms with van der Waals surface area (Å²) in [7, 11) is 0. The highest BCUT2D eigenvalue weighted by Gasteiger charge is 2.59. The lowest BCUT2D eigenvalue weighted by Crippen LogP contribution is -2.56. The Morgan fingerprint density at radius 3 is 2.55 bits per heavy atom. The van der Waals surface area contributed by atoms with Crippen molar-refractivity contribution in [1.29, 1.82) is 0 Å². The van der Waals surface area contributed by atoms with Crippen LogP contribution in [0.4, 0.5) is 0 Å². The number of rotatable bonds is 0. The zero-order chi connectivity index (χ0) is 15.6. The number of fused-ring (bicyclic) bond motifs is 5. The Hall–Kier alpha value is -0.370. The molecule has 0 spiro atoms. The normalized spacial score (nSPS) is 57.9. The van der Waals surface area contributed by atoms with Gasteiger partial charge in [0.15, 0.2) is 0 Å². The molecular formula is C20H32O2. The van der Waals surface area contributed by atoms with Gasteiger partial charge >= 0.3 is 0 Å². The molecule has 4 rings (SSSR count). The predicted molar refractivity (Wildman–Crippen MR) is 87.2 cm³/mol. The van der Waals surface area contributed by atoms with Crippen LogP contribution in [0.15, 0.2) is 0 Å². The van der Waals surface area contributed by atoms with Crippen molar-refractivity contribution in [3.63, 3.8) is 0 Å². The summed E-state index contributed by atoms with van der Waals surface area (Å²) < 4.78 is 0. The van der Waals surface area contributed by atoms with Crippen LogP contribution in [0.1, 0.15) is 65.7 Å². The van der Waals surface area contributed by atoms with E-state index >= 15 is 0 Å². The van der Waals surface area contributed by atoms with Gasteiger partial charge in [0.2, 0.25) is 0 Å². The van der Waals surface area contributed by atoms with E-state index in [0.29, 0.717) is 34.9 Å². The van der Waals surface area contributed by atoms with Gasteiger partial charge in [-0.05, 0) is 78.9 Å². The van der Waals surface area contributed by atoms with Gasteiger partial charge in [0.25, 0.3) is 0 Å². The summed E-state index contributed by atoms with van der Waals surface area (Å²) in [6.07, 6.45) is 7.72. The third kappa shape index (κ3) is 1.92. The van der Waals surface area contributed by atoms with Crippen molar-refractivity contribution in [2.24, 2.45) is 46.8 Å². The van der Waals surface area contributed by atoms with Crippen molar-refractivity contribution in [1.82, 2.24) is 0 Å². The first-order chi connectivity index (χ1) is 10.4. The Kier molecular flexibility index (Phi) is 3.49. The van der Waals surface area contributed by atoms with Gasteiger partial charge < -0.3 is 5.11 Å². The minimum absolute atomic E-state index is 0.0446. The van der Waals surface area contributed by atoms with Crippen LogP contribution in [-0.2, 0) is 4.79 Å². The highest BCUT2D eigenvalue weighted by atomic mass is 16.3. The monoisotopic (exact) mass is 304 g/mol. The minimum atomic E-state index is -0.0446. The van der Waals surface area contributed by atoms with Crippen LogP contribution >= 0.6 is 0 Å². The fraction of sp³-hybridized carbons (Fsp3) is 0.950. The molecule has 0 unspecified atom stereocenters. The van der Waals surface area contributed by atoms with Crippen molar-refractivity contribution in [2.75, 3.05) is 0 Å². The van der Waals surface area contributed by atoms with Gasteiger partial charge in [0.1, 0.15) is 5.78 Å². The molecule has 4 aliphatic carbocycles. The molecule has 0 radical (unpaired) electrons. The van der Waals surface area contributed by atoms with Gasteiger partial charge in [0.05, 0.1) is 6.10 Å². The first-order valence-corrected chi connectivity index (χ1v) is 9.62. The first-order valence-electron chi connectivity index (χ1n) is 9.62. The number of ketones is 1. The molecule has 124 valence electrons. The van der Waals surface area contributed by atoms with Crippen molar-refractivity contribution in [3.05, 3.63) is 0 Å². The molecule has 2 nitrogen and oxygen atoms in total. The molecule has 2 heteroatoms. The van der Waals surface area contributed by atoms with Gasteiger partial charge in [-0.2, -0.15) is 0 Å². The number of hydrogen-bond acceptors (Lipinski definition) is 2. The van der Waals surface area contributed by atoms with Crippen molar-refractivity contribution in [3.8, 4) is 0 Å². The maximum absolute atomic E-state index is 12.1. The quantitative estimate of drug-likeness (QED) is 0.733. The van der Waals surface area contributed by atoms with Crippen LogP contribution in [-0.4, -0.2) is 17.0 Å². The minimum Gasteiger partial charge on any atom is -0.393 e. The maximum Gasteiger partial charge on any atom is 0.133 e. The second kappa shape index (κ2) is 5.06. The van der Waals surface area contributed by atoms with E-state index in [9.17, 15) is 9.90 Å². The van der Waals surface area contributed by atoms with E-state index in [1.54, 1.807) is 0 Å². The zero-order valence-corrected chi connectivity index (χ0v) is 14.4. The third-order valence-corrected chi connectivity index (χ3v) is 8.68. The molecule has 0 aromatic heterocycles. The topological polar surface area (TPSA) is 37.3 Å². The van der Waals surface area contributed by atoms with E-state index in [4.69, 9.17) is 0 Å². The number of carbonyl (C=O) groups excluding carboxylic acids is 1. The smallest absolute Gasteiger partial charge is 0.133 e. The standard InChI is InChI=1S/C20H32O2/c1-11-8-17-15(16-6-7-18(22)19(11)16)5-4-13-10-14(21)9-12(2)20(13,17)3/h11-13,15-19,22H,4-10H2,1-3H3/t11-,12+,13+,15+,16+,17-,18+,19-,20+/m1/s1.